The summed E-state index contributed by atoms with van der Waals surface area (Å²) in [6.07, 6.45) is 0. The first-order valence-electron chi connectivity index (χ1n) is 12.9. The second-order valence-corrected chi connectivity index (χ2v) is 10.7. The highest BCUT2D eigenvalue weighted by atomic mass is 28.2. The summed E-state index contributed by atoms with van der Waals surface area (Å²) in [6.45, 7) is 0. The molecule has 0 unspecified atom stereocenters. The molecule has 0 aliphatic rings. The molecule has 0 atom stereocenters. The molecule has 6 rings (SSSR count). The van der Waals surface area contributed by atoms with Crippen LogP contribution in [0.15, 0.2) is 158 Å². The van der Waals surface area contributed by atoms with Gasteiger partial charge in [0.15, 0.2) is 0 Å². The Kier molecular flexibility index (Phi) is 6.97. The van der Waals surface area contributed by atoms with Crippen molar-refractivity contribution in [2.75, 3.05) is 5.32 Å². The molecule has 2 radical (unpaired) electrons. The molecule has 6 aromatic carbocycles. The van der Waals surface area contributed by atoms with E-state index in [1.54, 1.807) is 0 Å². The van der Waals surface area contributed by atoms with Gasteiger partial charge in [-0.3, -0.25) is 0 Å². The van der Waals surface area contributed by atoms with Gasteiger partial charge in [0.05, 0.1) is 0 Å². The lowest BCUT2D eigenvalue weighted by atomic mass is 9.97. The van der Waals surface area contributed by atoms with Crippen molar-refractivity contribution in [2.45, 2.75) is 0 Å². The SMILES string of the molecule is c1ccc([Si]c2cccc(-c3cc(-c4ccccc4)ccc3Nc3ccc(-c4ccccc4)cc3)c2)cc1. The topological polar surface area (TPSA) is 12.0 Å². The summed E-state index contributed by atoms with van der Waals surface area (Å²) >= 11 is 0. The molecule has 1 N–H and O–H groups in total. The van der Waals surface area contributed by atoms with Crippen LogP contribution < -0.4 is 15.7 Å². The maximum atomic E-state index is 3.70. The van der Waals surface area contributed by atoms with E-state index in [-0.39, 0.29) is 0 Å². The number of benzene rings is 6. The fourth-order valence-electron chi connectivity index (χ4n) is 4.69. The van der Waals surface area contributed by atoms with Crippen LogP contribution in [-0.4, -0.2) is 9.52 Å². The fourth-order valence-corrected chi connectivity index (χ4v) is 5.79. The number of hydrogen-bond donors (Lipinski definition) is 1. The van der Waals surface area contributed by atoms with E-state index in [0.717, 1.165) is 11.4 Å². The van der Waals surface area contributed by atoms with Gasteiger partial charge in [0, 0.05) is 16.9 Å². The van der Waals surface area contributed by atoms with E-state index in [0.29, 0.717) is 9.52 Å². The van der Waals surface area contributed by atoms with Crippen LogP contribution in [0, 0.1) is 0 Å². The van der Waals surface area contributed by atoms with Crippen molar-refractivity contribution >= 4 is 31.3 Å². The Morgan fingerprint density at radius 3 is 1.58 bits per heavy atom. The van der Waals surface area contributed by atoms with Crippen molar-refractivity contribution in [3.63, 3.8) is 0 Å². The Balaban J connectivity index is 1.36. The maximum Gasteiger partial charge on any atom is 0.121 e. The van der Waals surface area contributed by atoms with Gasteiger partial charge in [0.1, 0.15) is 9.52 Å². The van der Waals surface area contributed by atoms with E-state index in [1.807, 2.05) is 0 Å². The van der Waals surface area contributed by atoms with Crippen LogP contribution in [0.5, 0.6) is 0 Å². The Labute approximate surface area is 227 Å². The summed E-state index contributed by atoms with van der Waals surface area (Å²) in [4.78, 5) is 0. The number of nitrogens with one attached hydrogen (secondary N) is 1. The van der Waals surface area contributed by atoms with Gasteiger partial charge < -0.3 is 5.32 Å². The molecule has 0 aliphatic heterocycles. The van der Waals surface area contributed by atoms with Crippen LogP contribution in [0.3, 0.4) is 0 Å². The minimum atomic E-state index is 0.623. The van der Waals surface area contributed by atoms with E-state index in [9.17, 15) is 0 Å². The van der Waals surface area contributed by atoms with Crippen molar-refractivity contribution in [3.05, 3.63) is 158 Å². The highest BCUT2D eigenvalue weighted by molar-refractivity contribution is 6.67. The third-order valence-corrected chi connectivity index (χ3v) is 7.86. The first-order valence-corrected chi connectivity index (χ1v) is 13.9. The van der Waals surface area contributed by atoms with Gasteiger partial charge in [0.2, 0.25) is 0 Å². The van der Waals surface area contributed by atoms with E-state index in [2.05, 4.69) is 163 Å². The zero-order valence-electron chi connectivity index (χ0n) is 21.0. The lowest BCUT2D eigenvalue weighted by molar-refractivity contribution is 1.52. The minimum absolute atomic E-state index is 0.623. The highest BCUT2D eigenvalue weighted by Crippen LogP contribution is 2.34. The van der Waals surface area contributed by atoms with Crippen molar-refractivity contribution in [1.29, 1.82) is 0 Å². The van der Waals surface area contributed by atoms with Gasteiger partial charge in [0.25, 0.3) is 0 Å². The van der Waals surface area contributed by atoms with Gasteiger partial charge in [-0.15, -0.1) is 0 Å². The van der Waals surface area contributed by atoms with Crippen LogP contribution in [-0.2, 0) is 0 Å². The molecule has 0 fully saturated rings. The molecular formula is C36H27NSi. The van der Waals surface area contributed by atoms with Crippen LogP contribution >= 0.6 is 0 Å². The minimum Gasteiger partial charge on any atom is -0.355 e. The van der Waals surface area contributed by atoms with Gasteiger partial charge >= 0.3 is 0 Å². The van der Waals surface area contributed by atoms with E-state index >= 15 is 0 Å². The second-order valence-electron chi connectivity index (χ2n) is 9.27. The van der Waals surface area contributed by atoms with Gasteiger partial charge in [-0.25, -0.2) is 0 Å². The number of anilines is 2. The molecule has 0 spiro atoms. The maximum absolute atomic E-state index is 3.70. The average molecular weight is 502 g/mol. The Bertz CT molecular complexity index is 1630. The monoisotopic (exact) mass is 501 g/mol. The smallest absolute Gasteiger partial charge is 0.121 e. The average Bonchev–Trinajstić information content (AvgIpc) is 2.99. The largest absolute Gasteiger partial charge is 0.355 e. The summed E-state index contributed by atoms with van der Waals surface area (Å²) in [6, 6.07) is 56.1. The lowest BCUT2D eigenvalue weighted by Gasteiger charge is -2.16. The van der Waals surface area contributed by atoms with Crippen LogP contribution in [0.2, 0.25) is 0 Å². The molecule has 0 aromatic heterocycles. The van der Waals surface area contributed by atoms with E-state index in [4.69, 9.17) is 0 Å². The first kappa shape index (κ1) is 23.7. The van der Waals surface area contributed by atoms with Gasteiger partial charge in [-0.05, 0) is 52.1 Å². The lowest BCUT2D eigenvalue weighted by Crippen LogP contribution is -2.26. The standard InChI is InChI=1S/C36H27NSi/c1-4-11-27(12-5-1)29-19-22-32(23-20-29)37-36-24-21-30(28-13-6-2-7-14-28)26-35(36)31-15-10-18-34(25-31)38-33-16-8-3-9-17-33/h1-26,37H. The normalized spacial score (nSPS) is 10.7. The molecule has 38 heavy (non-hydrogen) atoms. The fraction of sp³-hybridized carbons (Fsp3) is 0. The Morgan fingerprint density at radius 1 is 0.368 bits per heavy atom. The molecule has 6 aromatic rings. The molecule has 2 heteroatoms. The van der Waals surface area contributed by atoms with Crippen LogP contribution in [0.4, 0.5) is 11.4 Å². The molecule has 0 heterocycles. The third kappa shape index (κ3) is 5.51. The molecule has 0 amide bonds. The summed E-state index contributed by atoms with van der Waals surface area (Å²) in [5.74, 6) is 0. The summed E-state index contributed by atoms with van der Waals surface area (Å²) in [7, 11) is 0.623. The zero-order valence-corrected chi connectivity index (χ0v) is 22.0. The summed E-state index contributed by atoms with van der Waals surface area (Å²) in [5.41, 5.74) is 9.44. The Morgan fingerprint density at radius 2 is 0.895 bits per heavy atom. The van der Waals surface area contributed by atoms with Gasteiger partial charge in [-0.1, -0.05) is 144 Å². The van der Waals surface area contributed by atoms with Crippen molar-refractivity contribution in [3.8, 4) is 33.4 Å². The van der Waals surface area contributed by atoms with Crippen molar-refractivity contribution in [2.24, 2.45) is 0 Å². The van der Waals surface area contributed by atoms with Crippen molar-refractivity contribution in [1.82, 2.24) is 0 Å². The summed E-state index contributed by atoms with van der Waals surface area (Å²) < 4.78 is 0. The summed E-state index contributed by atoms with van der Waals surface area (Å²) in [5, 5.41) is 6.38. The molecular weight excluding hydrogens is 474 g/mol. The third-order valence-electron chi connectivity index (χ3n) is 6.63. The highest BCUT2D eigenvalue weighted by Gasteiger charge is 2.10. The molecule has 0 aliphatic carbocycles. The number of rotatable bonds is 7. The van der Waals surface area contributed by atoms with E-state index < -0.39 is 0 Å². The predicted molar refractivity (Wildman–Crippen MR) is 164 cm³/mol. The molecule has 0 saturated carbocycles. The molecule has 1 nitrogen and oxygen atoms in total. The zero-order chi connectivity index (χ0) is 25.6. The first-order chi connectivity index (χ1) is 18.8. The van der Waals surface area contributed by atoms with Crippen LogP contribution in [0.25, 0.3) is 33.4 Å². The second kappa shape index (κ2) is 11.2. The molecule has 180 valence electrons. The predicted octanol–water partition coefficient (Wildman–Crippen LogP) is 8.09. The van der Waals surface area contributed by atoms with Gasteiger partial charge in [-0.2, -0.15) is 0 Å². The number of hydrogen-bond acceptors (Lipinski definition) is 1. The van der Waals surface area contributed by atoms with Crippen LogP contribution in [0.1, 0.15) is 0 Å². The Hall–Kier alpha value is -4.66. The van der Waals surface area contributed by atoms with Crippen molar-refractivity contribution < 1.29 is 0 Å². The molecule has 0 saturated heterocycles. The van der Waals surface area contributed by atoms with E-state index in [1.165, 1.54) is 43.8 Å². The quantitative estimate of drug-likeness (QED) is 0.218. The molecule has 0 bridgehead atoms.